The first-order valence-electron chi connectivity index (χ1n) is 17.1. The predicted molar refractivity (Wildman–Crippen MR) is 203 cm³/mol. The zero-order chi connectivity index (χ0) is 39.0. The van der Waals surface area contributed by atoms with Crippen LogP contribution >= 0.6 is 0 Å². The summed E-state index contributed by atoms with van der Waals surface area (Å²) >= 11 is 0. The summed E-state index contributed by atoms with van der Waals surface area (Å²) in [6.07, 6.45) is 2.29. The number of carboxylic acid groups (broad SMARTS) is 2. The number of anilines is 2. The van der Waals surface area contributed by atoms with E-state index in [9.17, 15) is 24.3 Å². The number of likely N-dealkylation sites (N-methyl/N-ethyl adjacent to an activating group) is 2. The average molecular weight is 749 g/mol. The van der Waals surface area contributed by atoms with Crippen molar-refractivity contribution in [3.63, 3.8) is 0 Å². The zero-order valence-electron chi connectivity index (χ0n) is 30.2. The third kappa shape index (κ3) is 6.92. The summed E-state index contributed by atoms with van der Waals surface area (Å²) in [6, 6.07) is 18.3. The van der Waals surface area contributed by atoms with E-state index in [1.807, 2.05) is 60.3 Å². The van der Waals surface area contributed by atoms with Gasteiger partial charge in [-0.3, -0.25) is 9.59 Å². The molecule has 6 heterocycles. The van der Waals surface area contributed by atoms with Gasteiger partial charge in [0.05, 0.1) is 44.6 Å². The van der Waals surface area contributed by atoms with Crippen molar-refractivity contribution in [2.24, 2.45) is 0 Å². The Balaban J connectivity index is 0.000000172. The topological polar surface area (TPSA) is 199 Å². The molecule has 0 saturated heterocycles. The van der Waals surface area contributed by atoms with Crippen LogP contribution in [0.2, 0.25) is 0 Å². The highest BCUT2D eigenvalue weighted by Gasteiger charge is 2.28. The molecule has 0 aliphatic carbocycles. The van der Waals surface area contributed by atoms with Crippen LogP contribution in [0.5, 0.6) is 23.0 Å². The van der Waals surface area contributed by atoms with Gasteiger partial charge in [-0.25, -0.2) is 19.6 Å². The van der Waals surface area contributed by atoms with Crippen molar-refractivity contribution in [3.8, 4) is 23.0 Å². The molecular formula is C39H36N6O10. The van der Waals surface area contributed by atoms with Crippen LogP contribution in [0.25, 0.3) is 22.1 Å². The predicted octanol–water partition coefficient (Wildman–Crippen LogP) is 4.18. The molecule has 0 bridgehead atoms. The number of methoxy groups -OCH3 is 2. The van der Waals surface area contributed by atoms with Crippen LogP contribution in [0, 0.1) is 0 Å². The van der Waals surface area contributed by atoms with E-state index in [2.05, 4.69) is 15.0 Å². The molecule has 0 fully saturated rings. The zero-order valence-corrected chi connectivity index (χ0v) is 30.2. The first-order chi connectivity index (χ1) is 26.5. The first-order valence-corrected chi connectivity index (χ1v) is 17.1. The van der Waals surface area contributed by atoms with E-state index in [-0.39, 0.29) is 34.5 Å². The third-order valence-electron chi connectivity index (χ3n) is 9.39. The van der Waals surface area contributed by atoms with Crippen molar-refractivity contribution in [1.29, 1.82) is 0 Å². The Morgan fingerprint density at radius 2 is 1.58 bits per heavy atom. The van der Waals surface area contributed by atoms with Gasteiger partial charge in [0.25, 0.3) is 0 Å². The van der Waals surface area contributed by atoms with E-state index in [1.165, 1.54) is 12.4 Å². The summed E-state index contributed by atoms with van der Waals surface area (Å²) in [7, 11) is 6.90. The minimum absolute atomic E-state index is 0.191. The van der Waals surface area contributed by atoms with Crippen LogP contribution < -0.4 is 39.6 Å². The van der Waals surface area contributed by atoms with Crippen molar-refractivity contribution in [3.05, 3.63) is 116 Å². The van der Waals surface area contributed by atoms with Gasteiger partial charge in [-0.05, 0) is 29.8 Å². The van der Waals surface area contributed by atoms with Crippen molar-refractivity contribution < 1.29 is 38.7 Å². The fourth-order valence-corrected chi connectivity index (χ4v) is 6.50. The molecule has 0 saturated carbocycles. The molecule has 6 aromatic rings. The molecular weight excluding hydrogens is 712 g/mol. The molecule has 4 aromatic heterocycles. The number of hydrogen-bond donors (Lipinski definition) is 3. The largest absolute Gasteiger partial charge is 0.497 e. The number of aromatic carboxylic acids is 2. The molecule has 16 nitrogen and oxygen atoms in total. The number of carbonyl (C=O) groups is 2. The minimum atomic E-state index is -1.30. The van der Waals surface area contributed by atoms with Crippen molar-refractivity contribution in [1.82, 2.24) is 19.5 Å². The van der Waals surface area contributed by atoms with E-state index >= 15 is 0 Å². The van der Waals surface area contributed by atoms with Crippen molar-refractivity contribution >= 4 is 45.6 Å². The first kappa shape index (κ1) is 36.3. The van der Waals surface area contributed by atoms with E-state index < -0.39 is 22.8 Å². The summed E-state index contributed by atoms with van der Waals surface area (Å²) in [6.45, 7) is 2.00. The smallest absolute Gasteiger partial charge is 0.341 e. The number of nitrogens with zero attached hydrogens (tertiary/aromatic N) is 5. The Morgan fingerprint density at radius 1 is 0.873 bits per heavy atom. The molecule has 0 spiro atoms. The number of aromatic nitrogens is 4. The lowest BCUT2D eigenvalue weighted by atomic mass is 10.1. The molecule has 3 N–H and O–H groups in total. The molecule has 16 heteroatoms. The number of rotatable bonds is 7. The highest BCUT2D eigenvalue weighted by atomic mass is 16.5. The number of benzene rings is 2. The molecule has 0 amide bonds. The van der Waals surface area contributed by atoms with Crippen LogP contribution in [-0.4, -0.2) is 89.7 Å². The summed E-state index contributed by atoms with van der Waals surface area (Å²) < 4.78 is 24.0. The maximum Gasteiger partial charge on any atom is 0.341 e. The summed E-state index contributed by atoms with van der Waals surface area (Å²) in [4.78, 5) is 63.8. The highest BCUT2D eigenvalue weighted by Crippen LogP contribution is 2.37. The Hall–Kier alpha value is -7.10. The SMILES string of the molecule is CN1CC(c2ccccc2)Oc2cc3c(=O)c(C(=O)O)c[nH]c3nc21.COc1ccc(Cn2cc(C(=O)O)c(=O)c3cc4c(nc32)N(C)CCO4)c(OC)c1. The van der Waals surface area contributed by atoms with Gasteiger partial charge in [0.1, 0.15) is 46.6 Å². The van der Waals surface area contributed by atoms with Crippen LogP contribution in [0.15, 0.2) is 82.6 Å². The average Bonchev–Trinajstić information content (AvgIpc) is 3.18. The normalized spacial score (nSPS) is 14.5. The summed E-state index contributed by atoms with van der Waals surface area (Å²) in [5, 5.41) is 19.1. The second-order valence-corrected chi connectivity index (χ2v) is 12.9. The van der Waals surface area contributed by atoms with Gasteiger partial charge in [0.15, 0.2) is 23.1 Å². The fraction of sp³-hybridized carbons (Fsp3) is 0.231. The highest BCUT2D eigenvalue weighted by molar-refractivity contribution is 5.93. The number of nitrogens with one attached hydrogen (secondary N) is 1. The Bertz CT molecular complexity index is 2590. The van der Waals surface area contributed by atoms with Gasteiger partial charge in [0, 0.05) is 38.1 Å². The molecule has 8 rings (SSSR count). The van der Waals surface area contributed by atoms with E-state index in [1.54, 1.807) is 43.1 Å². The minimum Gasteiger partial charge on any atom is -0.497 e. The number of ether oxygens (including phenoxy) is 4. The molecule has 2 aliphatic heterocycles. The summed E-state index contributed by atoms with van der Waals surface area (Å²) in [5.74, 6) is 0.779. The third-order valence-corrected chi connectivity index (χ3v) is 9.39. The molecule has 1 atom stereocenters. The number of hydrogen-bond acceptors (Lipinski definition) is 12. The van der Waals surface area contributed by atoms with Gasteiger partial charge in [-0.1, -0.05) is 30.3 Å². The molecule has 1 unspecified atom stereocenters. The fourth-order valence-electron chi connectivity index (χ4n) is 6.50. The van der Waals surface area contributed by atoms with Crippen LogP contribution in [0.4, 0.5) is 11.6 Å². The number of pyridine rings is 4. The molecule has 0 radical (unpaired) electrons. The number of carboxylic acids is 2. The standard InChI is InChI=1S/C21H21N3O6.C18H15N3O4/c1-23-6-7-30-17-9-14-18(25)15(21(26)27)11-24(19(14)22-20(17)23)10-12-4-5-13(28-2)8-16(12)29-3;1-21-9-14(10-5-3-2-4-6-10)25-13-7-11-15(22)12(18(23)24)8-19-16(11)20-17(13)21/h4-5,8-9,11H,6-7,10H2,1-3H3,(H,26,27);2-8,14H,9H2,1H3,(H,23,24)(H,19,20,22). The quantitative estimate of drug-likeness (QED) is 0.210. The Morgan fingerprint density at radius 3 is 2.29 bits per heavy atom. The molecule has 55 heavy (non-hydrogen) atoms. The van der Waals surface area contributed by atoms with E-state index in [0.717, 1.165) is 11.1 Å². The van der Waals surface area contributed by atoms with E-state index in [0.29, 0.717) is 65.6 Å². The van der Waals surface area contributed by atoms with Crippen LogP contribution in [-0.2, 0) is 6.54 Å². The van der Waals surface area contributed by atoms with Gasteiger partial charge < -0.3 is 48.5 Å². The molecule has 2 aromatic carbocycles. The van der Waals surface area contributed by atoms with Crippen molar-refractivity contribution in [2.45, 2.75) is 12.6 Å². The second-order valence-electron chi connectivity index (χ2n) is 12.9. The van der Waals surface area contributed by atoms with Gasteiger partial charge >= 0.3 is 11.9 Å². The molecule has 2 aliphatic rings. The Kier molecular flexibility index (Phi) is 9.71. The van der Waals surface area contributed by atoms with Gasteiger partial charge in [-0.2, -0.15) is 0 Å². The van der Waals surface area contributed by atoms with Gasteiger partial charge in [-0.15, -0.1) is 0 Å². The second kappa shape index (κ2) is 14.7. The lowest BCUT2D eigenvalue weighted by Crippen LogP contribution is -2.33. The summed E-state index contributed by atoms with van der Waals surface area (Å²) in [5.41, 5.74) is 0.685. The molecule has 282 valence electrons. The van der Waals surface area contributed by atoms with Crippen LogP contribution in [0.1, 0.15) is 37.9 Å². The number of aromatic amines is 1. The maximum atomic E-state index is 12.8. The lowest BCUT2D eigenvalue weighted by Gasteiger charge is -2.33. The number of fused-ring (bicyclic) bond motifs is 4. The Labute approximate surface area is 312 Å². The monoisotopic (exact) mass is 748 g/mol. The van der Waals surface area contributed by atoms with Crippen molar-refractivity contribution in [2.75, 3.05) is 57.8 Å². The number of H-pyrrole nitrogens is 1. The maximum absolute atomic E-state index is 12.8. The lowest BCUT2D eigenvalue weighted by molar-refractivity contribution is 0.0684. The van der Waals surface area contributed by atoms with E-state index in [4.69, 9.17) is 24.1 Å². The van der Waals surface area contributed by atoms with Gasteiger partial charge in [0.2, 0.25) is 10.9 Å². The van der Waals surface area contributed by atoms with Crippen LogP contribution in [0.3, 0.4) is 0 Å².